The van der Waals surface area contributed by atoms with Crippen molar-refractivity contribution in [2.24, 2.45) is 0 Å². The molecule has 0 saturated carbocycles. The minimum absolute atomic E-state index is 0.0810. The molecule has 0 aromatic heterocycles. The summed E-state index contributed by atoms with van der Waals surface area (Å²) >= 11 is 0. The molecule has 0 aliphatic heterocycles. The fourth-order valence-electron chi connectivity index (χ4n) is 3.16. The summed E-state index contributed by atoms with van der Waals surface area (Å²) in [5.74, 6) is 0.434. The van der Waals surface area contributed by atoms with E-state index >= 15 is 0 Å². The second kappa shape index (κ2) is 9.35. The summed E-state index contributed by atoms with van der Waals surface area (Å²) in [5.41, 5.74) is 1.74. The third-order valence-electron chi connectivity index (χ3n) is 4.88. The number of carbonyl (C=O) groups is 1. The fraction of sp³-hybridized carbons (Fsp3) is 0.346. The van der Waals surface area contributed by atoms with Gasteiger partial charge in [0, 0.05) is 12.7 Å². The maximum absolute atomic E-state index is 13.3. The van der Waals surface area contributed by atoms with Crippen LogP contribution in [0.1, 0.15) is 56.1 Å². The number of rotatable bonds is 8. The lowest BCUT2D eigenvalue weighted by Gasteiger charge is -2.29. The molecule has 0 spiro atoms. The monoisotopic (exact) mass is 434 g/mol. The van der Waals surface area contributed by atoms with E-state index < -0.39 is 5.60 Å². The predicted molar refractivity (Wildman–Crippen MR) is 126 cm³/mol. The third-order valence-corrected chi connectivity index (χ3v) is 6.10. The zero-order valence-corrected chi connectivity index (χ0v) is 20.1. The average molecular weight is 435 g/mol. The van der Waals surface area contributed by atoms with E-state index in [9.17, 15) is 4.79 Å². The van der Waals surface area contributed by atoms with E-state index in [0.29, 0.717) is 26.6 Å². The third kappa shape index (κ3) is 5.82. The van der Waals surface area contributed by atoms with Crippen LogP contribution in [-0.4, -0.2) is 29.4 Å². The Morgan fingerprint density at radius 3 is 2.10 bits per heavy atom. The van der Waals surface area contributed by atoms with Crippen LogP contribution in [0.4, 0.5) is 0 Å². The van der Waals surface area contributed by atoms with Gasteiger partial charge in [-0.25, -0.2) is 0 Å². The van der Waals surface area contributed by atoms with Crippen molar-refractivity contribution in [1.82, 2.24) is 0 Å². The maximum Gasteiger partial charge on any atom is 0.236 e. The lowest BCUT2D eigenvalue weighted by Crippen LogP contribution is -2.27. The molecule has 3 aromatic carbocycles. The van der Waals surface area contributed by atoms with E-state index in [-0.39, 0.29) is 17.6 Å². The van der Waals surface area contributed by atoms with Crippen molar-refractivity contribution in [2.75, 3.05) is 13.9 Å². The van der Waals surface area contributed by atoms with Gasteiger partial charge in [0.1, 0.15) is 5.75 Å². The minimum atomic E-state index is -0.428. The van der Waals surface area contributed by atoms with E-state index in [0.717, 1.165) is 16.3 Å². The van der Waals surface area contributed by atoms with E-state index in [4.69, 9.17) is 13.9 Å². The summed E-state index contributed by atoms with van der Waals surface area (Å²) in [5, 5.41) is 2.12. The molecule has 4 nitrogen and oxygen atoms in total. The highest BCUT2D eigenvalue weighted by Crippen LogP contribution is 2.31. The van der Waals surface area contributed by atoms with Crippen LogP contribution in [0.25, 0.3) is 10.8 Å². The van der Waals surface area contributed by atoms with Gasteiger partial charge in [-0.3, -0.25) is 4.79 Å². The van der Waals surface area contributed by atoms with Gasteiger partial charge in [-0.1, -0.05) is 69.3 Å². The van der Waals surface area contributed by atoms with Crippen molar-refractivity contribution in [3.63, 3.8) is 0 Å². The highest BCUT2D eigenvalue weighted by Gasteiger charge is 2.26. The molecule has 162 valence electrons. The van der Waals surface area contributed by atoms with Crippen LogP contribution in [0.2, 0.25) is 5.04 Å². The first-order valence-corrected chi connectivity index (χ1v) is 11.3. The Morgan fingerprint density at radius 1 is 0.903 bits per heavy atom. The molecule has 0 saturated heterocycles. The molecule has 0 aliphatic carbocycles. The molecular formula is C26H30O4Si. The van der Waals surface area contributed by atoms with E-state index in [2.05, 4.69) is 34.6 Å². The summed E-state index contributed by atoms with van der Waals surface area (Å²) in [6, 6.07) is 19.3. The highest BCUT2D eigenvalue weighted by molar-refractivity contribution is 6.31. The molecule has 3 aromatic rings. The molecule has 31 heavy (non-hydrogen) atoms. The van der Waals surface area contributed by atoms with Crippen LogP contribution in [0.5, 0.6) is 5.75 Å². The summed E-state index contributed by atoms with van der Waals surface area (Å²) in [6.45, 7) is 10.7. The fourth-order valence-corrected chi connectivity index (χ4v) is 3.84. The first-order chi connectivity index (χ1) is 14.6. The Labute approximate surface area is 187 Å². The molecule has 0 aliphatic rings. The lowest BCUT2D eigenvalue weighted by molar-refractivity contribution is 0.0504. The molecule has 3 rings (SSSR count). The van der Waals surface area contributed by atoms with Crippen LogP contribution >= 0.6 is 0 Å². The Balaban J connectivity index is 1.89. The largest absolute Gasteiger partial charge is 0.467 e. The van der Waals surface area contributed by atoms with Crippen LogP contribution in [0.15, 0.2) is 60.7 Å². The maximum atomic E-state index is 13.3. The van der Waals surface area contributed by atoms with Crippen molar-refractivity contribution < 1.29 is 18.7 Å². The number of ketones is 1. The summed E-state index contributed by atoms with van der Waals surface area (Å²) in [4.78, 5) is 13.3. The number of ether oxygens (including phenoxy) is 2. The number of benzene rings is 3. The van der Waals surface area contributed by atoms with Crippen LogP contribution in [0.3, 0.4) is 0 Å². The Hall–Kier alpha value is -2.47. The van der Waals surface area contributed by atoms with Crippen LogP contribution in [-0.2, 0) is 14.8 Å². The van der Waals surface area contributed by atoms with Gasteiger partial charge in [0.25, 0.3) is 0 Å². The summed E-state index contributed by atoms with van der Waals surface area (Å²) < 4.78 is 17.0. The zero-order valence-electron chi connectivity index (χ0n) is 19.1. The first-order valence-electron chi connectivity index (χ1n) is 10.4. The molecule has 5 heteroatoms. The second-order valence-electron chi connectivity index (χ2n) is 9.12. The van der Waals surface area contributed by atoms with Crippen molar-refractivity contribution in [1.29, 1.82) is 0 Å². The quantitative estimate of drug-likeness (QED) is 0.243. The topological polar surface area (TPSA) is 44.8 Å². The number of fused-ring (bicyclic) bond motifs is 1. The predicted octanol–water partition coefficient (Wildman–Crippen LogP) is 6.14. The zero-order chi connectivity index (χ0) is 22.6. The SMILES string of the molecule is COCOc1cc2ccccc2cc1C(=O)c1ccc(C(C)(C)O[Si]C(C)(C)C)cc1. The molecular weight excluding hydrogens is 404 g/mol. The van der Waals surface area contributed by atoms with Gasteiger partial charge in [-0.05, 0) is 47.4 Å². The molecule has 2 radical (unpaired) electrons. The van der Waals surface area contributed by atoms with Crippen LogP contribution in [0, 0.1) is 0 Å². The van der Waals surface area contributed by atoms with Crippen molar-refractivity contribution in [2.45, 2.75) is 45.3 Å². The lowest BCUT2D eigenvalue weighted by atomic mass is 9.94. The highest BCUT2D eigenvalue weighted by atomic mass is 28.2. The molecule has 0 bridgehead atoms. The minimum Gasteiger partial charge on any atom is -0.467 e. The number of hydrogen-bond donors (Lipinski definition) is 0. The molecule has 0 amide bonds. The summed E-state index contributed by atoms with van der Waals surface area (Å²) in [6.07, 6.45) is 0. The molecule has 0 atom stereocenters. The van der Waals surface area contributed by atoms with Crippen molar-refractivity contribution in [3.8, 4) is 5.75 Å². The van der Waals surface area contributed by atoms with Gasteiger partial charge in [0.2, 0.25) is 9.76 Å². The van der Waals surface area contributed by atoms with E-state index in [1.807, 2.05) is 60.7 Å². The number of carbonyl (C=O) groups excluding carboxylic acids is 1. The Kier molecular flexibility index (Phi) is 6.99. The molecule has 0 N–H and O–H groups in total. The van der Waals surface area contributed by atoms with E-state index in [1.165, 1.54) is 0 Å². The number of hydrogen-bond acceptors (Lipinski definition) is 4. The average Bonchev–Trinajstić information content (AvgIpc) is 2.75. The Morgan fingerprint density at radius 2 is 1.52 bits per heavy atom. The molecule has 0 fully saturated rings. The van der Waals surface area contributed by atoms with Crippen molar-refractivity contribution in [3.05, 3.63) is 77.4 Å². The summed E-state index contributed by atoms with van der Waals surface area (Å²) in [7, 11) is 1.94. The first kappa shape index (κ1) is 23.2. The van der Waals surface area contributed by atoms with Gasteiger partial charge >= 0.3 is 0 Å². The molecule has 0 unspecified atom stereocenters. The standard InChI is InChI=1S/C26H30O4Si/c1-25(2,3)31-30-26(4,5)21-13-11-18(12-14-21)24(27)22-15-19-9-7-8-10-20(19)16-23(22)29-17-28-6/h7-16H,17H2,1-6H3. The van der Waals surface area contributed by atoms with Crippen molar-refractivity contribution >= 4 is 26.3 Å². The normalized spacial score (nSPS) is 12.2. The Bertz CT molecular complexity index is 1050. The van der Waals surface area contributed by atoms with E-state index in [1.54, 1.807) is 7.11 Å². The van der Waals surface area contributed by atoms with Gasteiger partial charge in [-0.15, -0.1) is 0 Å². The number of methoxy groups -OCH3 is 1. The molecule has 0 heterocycles. The van der Waals surface area contributed by atoms with Crippen LogP contribution < -0.4 is 4.74 Å². The van der Waals surface area contributed by atoms with Gasteiger partial charge in [0.05, 0.1) is 11.2 Å². The smallest absolute Gasteiger partial charge is 0.236 e. The van der Waals surface area contributed by atoms with Gasteiger partial charge in [0.15, 0.2) is 12.6 Å². The van der Waals surface area contributed by atoms with Gasteiger partial charge in [-0.2, -0.15) is 0 Å². The van der Waals surface area contributed by atoms with Gasteiger partial charge < -0.3 is 13.9 Å². The second-order valence-corrected chi connectivity index (χ2v) is 11.0.